The van der Waals surface area contributed by atoms with E-state index in [1.165, 1.54) is 11.1 Å². The highest BCUT2D eigenvalue weighted by Crippen LogP contribution is 2.22. The van der Waals surface area contributed by atoms with Crippen molar-refractivity contribution in [2.24, 2.45) is 0 Å². The number of carbonyl (C=O) groups excluding carboxylic acids is 1. The highest BCUT2D eigenvalue weighted by molar-refractivity contribution is 5.92. The molecule has 0 fully saturated rings. The first-order chi connectivity index (χ1) is 15.6. The second-order valence-corrected chi connectivity index (χ2v) is 7.87. The maximum absolute atomic E-state index is 12.7. The fourth-order valence-corrected chi connectivity index (χ4v) is 3.47. The first-order valence-electron chi connectivity index (χ1n) is 10.7. The molecule has 160 valence electrons. The van der Waals surface area contributed by atoms with E-state index in [-0.39, 0.29) is 5.91 Å². The first kappa shape index (κ1) is 21.2. The fraction of sp³-hybridized carbons (Fsp3) is 0.148. The molecule has 3 N–H and O–H groups in total. The number of aryl methyl sites for hydroxylation is 3. The van der Waals surface area contributed by atoms with Crippen molar-refractivity contribution in [2.75, 3.05) is 11.1 Å². The van der Waals surface area contributed by atoms with Crippen LogP contribution in [0.2, 0.25) is 0 Å². The van der Waals surface area contributed by atoms with E-state index in [4.69, 9.17) is 10.7 Å². The molecule has 4 aromatic rings. The van der Waals surface area contributed by atoms with Gasteiger partial charge in [-0.05, 0) is 43.0 Å². The number of nitrogens with zero attached hydrogens (tertiary/aromatic N) is 2. The summed E-state index contributed by atoms with van der Waals surface area (Å²) in [5, 5.41) is 2.97. The summed E-state index contributed by atoms with van der Waals surface area (Å²) in [6.45, 7) is 2.03. The lowest BCUT2D eigenvalue weighted by atomic mass is 10.1. The molecule has 0 spiro atoms. The van der Waals surface area contributed by atoms with Crippen molar-refractivity contribution < 1.29 is 4.79 Å². The molecule has 0 saturated carbocycles. The van der Waals surface area contributed by atoms with E-state index in [0.29, 0.717) is 24.3 Å². The Labute approximate surface area is 188 Å². The summed E-state index contributed by atoms with van der Waals surface area (Å²) in [5.74, 6) is 0.404. The Morgan fingerprint density at radius 2 is 1.59 bits per heavy atom. The zero-order valence-electron chi connectivity index (χ0n) is 18.1. The molecule has 4 rings (SSSR count). The van der Waals surface area contributed by atoms with Crippen LogP contribution in [0.5, 0.6) is 0 Å². The van der Waals surface area contributed by atoms with Gasteiger partial charge in [-0.15, -0.1) is 0 Å². The van der Waals surface area contributed by atoms with Crippen molar-refractivity contribution in [2.45, 2.75) is 26.2 Å². The fourth-order valence-electron chi connectivity index (χ4n) is 3.47. The number of nitrogens with two attached hydrogens (primary N) is 1. The monoisotopic (exact) mass is 422 g/mol. The molecule has 0 aliphatic heterocycles. The van der Waals surface area contributed by atoms with Crippen LogP contribution in [0.15, 0.2) is 85.1 Å². The van der Waals surface area contributed by atoms with Crippen LogP contribution in [0.1, 0.15) is 22.4 Å². The van der Waals surface area contributed by atoms with E-state index in [1.807, 2.05) is 73.7 Å². The van der Waals surface area contributed by atoms with E-state index in [2.05, 4.69) is 22.4 Å². The summed E-state index contributed by atoms with van der Waals surface area (Å²) >= 11 is 0. The summed E-state index contributed by atoms with van der Waals surface area (Å²) < 4.78 is 0. The molecule has 1 aromatic heterocycles. The molecule has 0 bridgehead atoms. The Hall–Kier alpha value is -3.99. The SMILES string of the molecule is Cc1ccc(CC(=O)Nc2ncc(-c3ccc(N)cc3)nc2CCc2ccccc2)cc1. The first-order valence-corrected chi connectivity index (χ1v) is 10.7. The predicted octanol–water partition coefficient (Wildman–Crippen LogP) is 5.00. The van der Waals surface area contributed by atoms with Gasteiger partial charge in [0.1, 0.15) is 0 Å². The van der Waals surface area contributed by atoms with Gasteiger partial charge in [0, 0.05) is 11.3 Å². The molecule has 0 atom stereocenters. The van der Waals surface area contributed by atoms with Gasteiger partial charge in [-0.3, -0.25) is 4.79 Å². The summed E-state index contributed by atoms with van der Waals surface area (Å²) in [6.07, 6.45) is 3.46. The average Bonchev–Trinajstić information content (AvgIpc) is 2.81. The number of nitrogen functional groups attached to an aromatic ring is 1. The number of rotatable bonds is 7. The number of hydrogen-bond acceptors (Lipinski definition) is 4. The van der Waals surface area contributed by atoms with E-state index >= 15 is 0 Å². The highest BCUT2D eigenvalue weighted by atomic mass is 16.1. The number of amides is 1. The van der Waals surface area contributed by atoms with Gasteiger partial charge in [0.2, 0.25) is 5.91 Å². The minimum atomic E-state index is -0.107. The zero-order chi connectivity index (χ0) is 22.3. The van der Waals surface area contributed by atoms with Crippen LogP contribution in [-0.2, 0) is 24.1 Å². The third kappa shape index (κ3) is 5.58. The standard InChI is InChI=1S/C27H26N4O/c1-19-7-9-21(10-8-19)17-26(32)31-27-24(16-11-20-5-3-2-4-6-20)30-25(18-29-27)22-12-14-23(28)15-13-22/h2-10,12-15,18H,11,16-17,28H2,1H3,(H,29,31,32). The quantitative estimate of drug-likeness (QED) is 0.411. The number of hydrogen-bond donors (Lipinski definition) is 2. The largest absolute Gasteiger partial charge is 0.399 e. The maximum atomic E-state index is 12.7. The summed E-state index contributed by atoms with van der Waals surface area (Å²) in [4.78, 5) is 22.1. The maximum Gasteiger partial charge on any atom is 0.229 e. The average molecular weight is 423 g/mol. The summed E-state index contributed by atoms with van der Waals surface area (Å²) in [5.41, 5.74) is 12.3. The van der Waals surface area contributed by atoms with Gasteiger partial charge in [-0.2, -0.15) is 0 Å². The third-order valence-electron chi connectivity index (χ3n) is 5.29. The molecule has 5 heteroatoms. The van der Waals surface area contributed by atoms with Gasteiger partial charge in [0.05, 0.1) is 24.0 Å². The van der Waals surface area contributed by atoms with Crippen molar-refractivity contribution >= 4 is 17.4 Å². The molecule has 1 heterocycles. The Morgan fingerprint density at radius 3 is 2.31 bits per heavy atom. The Balaban J connectivity index is 1.56. The molecule has 0 aliphatic rings. The molecule has 32 heavy (non-hydrogen) atoms. The van der Waals surface area contributed by atoms with E-state index in [0.717, 1.165) is 28.9 Å². The van der Waals surface area contributed by atoms with Gasteiger partial charge in [-0.1, -0.05) is 72.3 Å². The zero-order valence-corrected chi connectivity index (χ0v) is 18.1. The second-order valence-electron chi connectivity index (χ2n) is 7.87. The Morgan fingerprint density at radius 1 is 0.875 bits per heavy atom. The van der Waals surface area contributed by atoms with E-state index in [1.54, 1.807) is 6.20 Å². The van der Waals surface area contributed by atoms with Crippen LogP contribution in [0, 0.1) is 6.92 Å². The van der Waals surface area contributed by atoms with Crippen molar-refractivity contribution in [1.82, 2.24) is 9.97 Å². The molecule has 0 saturated heterocycles. The van der Waals surface area contributed by atoms with Crippen LogP contribution in [0.25, 0.3) is 11.3 Å². The lowest BCUT2D eigenvalue weighted by Gasteiger charge is -2.12. The Bertz CT molecular complexity index is 1190. The lowest BCUT2D eigenvalue weighted by Crippen LogP contribution is -2.17. The molecular weight excluding hydrogens is 396 g/mol. The molecule has 1 amide bonds. The summed E-state index contributed by atoms with van der Waals surface area (Å²) in [7, 11) is 0. The Kier molecular flexibility index (Phi) is 6.56. The topological polar surface area (TPSA) is 80.9 Å². The predicted molar refractivity (Wildman–Crippen MR) is 129 cm³/mol. The molecule has 3 aromatic carbocycles. The number of aromatic nitrogens is 2. The molecule has 0 unspecified atom stereocenters. The van der Waals surface area contributed by atoms with Crippen LogP contribution in [0.3, 0.4) is 0 Å². The van der Waals surface area contributed by atoms with Crippen LogP contribution in [0.4, 0.5) is 11.5 Å². The van der Waals surface area contributed by atoms with Crippen molar-refractivity contribution in [1.29, 1.82) is 0 Å². The molecule has 0 radical (unpaired) electrons. The summed E-state index contributed by atoms with van der Waals surface area (Å²) in [6, 6.07) is 25.7. The van der Waals surface area contributed by atoms with Crippen molar-refractivity contribution in [3.63, 3.8) is 0 Å². The number of carbonyl (C=O) groups is 1. The van der Waals surface area contributed by atoms with Crippen LogP contribution >= 0.6 is 0 Å². The molecule has 0 aliphatic carbocycles. The molecular formula is C27H26N4O. The van der Waals surface area contributed by atoms with E-state index in [9.17, 15) is 4.79 Å². The minimum absolute atomic E-state index is 0.107. The van der Waals surface area contributed by atoms with E-state index < -0.39 is 0 Å². The van der Waals surface area contributed by atoms with Gasteiger partial charge in [0.25, 0.3) is 0 Å². The third-order valence-corrected chi connectivity index (χ3v) is 5.29. The number of benzene rings is 3. The van der Waals surface area contributed by atoms with Crippen molar-refractivity contribution in [3.05, 3.63) is 107 Å². The lowest BCUT2D eigenvalue weighted by molar-refractivity contribution is -0.115. The van der Waals surface area contributed by atoms with Gasteiger partial charge in [0.15, 0.2) is 5.82 Å². The normalized spacial score (nSPS) is 10.7. The minimum Gasteiger partial charge on any atom is -0.399 e. The van der Waals surface area contributed by atoms with Crippen LogP contribution in [-0.4, -0.2) is 15.9 Å². The van der Waals surface area contributed by atoms with Crippen molar-refractivity contribution in [3.8, 4) is 11.3 Å². The van der Waals surface area contributed by atoms with Crippen LogP contribution < -0.4 is 11.1 Å². The van der Waals surface area contributed by atoms with Gasteiger partial charge < -0.3 is 11.1 Å². The number of nitrogens with one attached hydrogen (secondary N) is 1. The molecule has 5 nitrogen and oxygen atoms in total. The highest BCUT2D eigenvalue weighted by Gasteiger charge is 2.13. The second kappa shape index (κ2) is 9.88. The van der Waals surface area contributed by atoms with Gasteiger partial charge >= 0.3 is 0 Å². The van der Waals surface area contributed by atoms with Gasteiger partial charge in [-0.25, -0.2) is 9.97 Å². The smallest absolute Gasteiger partial charge is 0.229 e. The number of anilines is 2.